The number of aryl methyl sites for hydroxylation is 2. The molecule has 8 nitrogen and oxygen atoms in total. The number of ether oxygens (including phenoxy) is 2. The van der Waals surface area contributed by atoms with Gasteiger partial charge in [-0.25, -0.2) is 13.8 Å². The van der Waals surface area contributed by atoms with Crippen LogP contribution in [0.25, 0.3) is 0 Å². The van der Waals surface area contributed by atoms with Crippen LogP contribution in [-0.4, -0.2) is 34.2 Å². The minimum atomic E-state index is -4.04. The normalized spacial score (nSPS) is 11.4. The Morgan fingerprint density at radius 3 is 2.42 bits per heavy atom. The molecule has 12 heteroatoms. The van der Waals surface area contributed by atoms with Crippen molar-refractivity contribution in [3.8, 4) is 11.5 Å². The maximum Gasteiger partial charge on any atom is 0.264 e. The first-order valence-corrected chi connectivity index (χ1v) is 15.9. The van der Waals surface area contributed by atoms with Crippen molar-refractivity contribution in [3.63, 3.8) is 0 Å². The molecule has 0 radical (unpaired) electrons. The molecule has 0 aliphatic carbocycles. The molecule has 4 rings (SSSR count). The summed E-state index contributed by atoms with van der Waals surface area (Å²) < 4.78 is 40.2. The first-order valence-electron chi connectivity index (χ1n) is 12.9. The maximum absolute atomic E-state index is 13.6. The highest BCUT2D eigenvalue weighted by Gasteiger charge is 2.27. The van der Waals surface area contributed by atoms with E-state index in [1.54, 1.807) is 60.7 Å². The molecule has 0 bridgehead atoms. The lowest BCUT2D eigenvalue weighted by atomic mass is 10.2. The first kappa shape index (κ1) is 32.3. The standard InChI is InChI=1S/C31H28BrCl2N3O5S/c1-20-7-11-26(12-8-20)43(39,40)37(25-6-4-5-21(2)13-25)18-30(38)36-35-17-22-14-27(32)31(29(15-22)41-3)42-19-23-9-10-24(33)16-28(23)34/h4-17H,18-19H2,1-3H3,(H,36,38)/b35-17-. The molecule has 0 aromatic heterocycles. The molecule has 0 unspecified atom stereocenters. The van der Waals surface area contributed by atoms with E-state index in [0.29, 0.717) is 37.3 Å². The SMILES string of the molecule is COc1cc(/C=N\NC(=O)CN(c2cccc(C)c2)S(=O)(=O)c2ccc(C)cc2)cc(Br)c1OCc1ccc(Cl)cc1Cl. The highest BCUT2D eigenvalue weighted by Crippen LogP contribution is 2.37. The molecule has 1 N–H and O–H groups in total. The Balaban J connectivity index is 1.49. The van der Waals surface area contributed by atoms with Gasteiger partial charge in [-0.3, -0.25) is 9.10 Å². The molecule has 4 aromatic rings. The number of halogens is 3. The molecule has 0 atom stereocenters. The molecule has 1 amide bonds. The van der Waals surface area contributed by atoms with Gasteiger partial charge in [-0.15, -0.1) is 0 Å². The largest absolute Gasteiger partial charge is 0.493 e. The van der Waals surface area contributed by atoms with Crippen LogP contribution in [-0.2, 0) is 21.4 Å². The van der Waals surface area contributed by atoms with Crippen LogP contribution in [0.2, 0.25) is 10.0 Å². The molecule has 224 valence electrons. The lowest BCUT2D eigenvalue weighted by Gasteiger charge is -2.24. The summed E-state index contributed by atoms with van der Waals surface area (Å²) in [6.07, 6.45) is 1.41. The number of nitrogens with zero attached hydrogens (tertiary/aromatic N) is 2. The summed E-state index contributed by atoms with van der Waals surface area (Å²) in [5, 5.41) is 5.05. The fourth-order valence-electron chi connectivity index (χ4n) is 4.02. The third kappa shape index (κ3) is 8.29. The van der Waals surface area contributed by atoms with Crippen LogP contribution < -0.4 is 19.2 Å². The van der Waals surface area contributed by atoms with Gasteiger partial charge in [-0.05, 0) is 89.4 Å². The van der Waals surface area contributed by atoms with Gasteiger partial charge in [0, 0.05) is 15.6 Å². The molecule has 0 saturated heterocycles. The van der Waals surface area contributed by atoms with Crippen molar-refractivity contribution >= 4 is 67.0 Å². The van der Waals surface area contributed by atoms with Gasteiger partial charge >= 0.3 is 0 Å². The Morgan fingerprint density at radius 2 is 1.74 bits per heavy atom. The third-order valence-corrected chi connectivity index (χ3v) is 9.19. The van der Waals surface area contributed by atoms with Gasteiger partial charge in [0.2, 0.25) is 0 Å². The van der Waals surface area contributed by atoms with Crippen LogP contribution in [0.1, 0.15) is 22.3 Å². The molecular weight excluding hydrogens is 677 g/mol. The van der Waals surface area contributed by atoms with E-state index in [4.69, 9.17) is 32.7 Å². The van der Waals surface area contributed by atoms with Gasteiger partial charge < -0.3 is 9.47 Å². The predicted octanol–water partition coefficient (Wildman–Crippen LogP) is 7.31. The number of amides is 1. The van der Waals surface area contributed by atoms with Gasteiger partial charge in [-0.2, -0.15) is 5.10 Å². The molecule has 4 aromatic carbocycles. The van der Waals surface area contributed by atoms with E-state index in [2.05, 4.69) is 26.5 Å². The number of sulfonamides is 1. The number of nitrogens with one attached hydrogen (secondary N) is 1. The summed E-state index contributed by atoms with van der Waals surface area (Å²) in [4.78, 5) is 13.0. The number of carbonyl (C=O) groups excluding carboxylic acids is 1. The van der Waals surface area contributed by atoms with Crippen molar-refractivity contribution in [2.75, 3.05) is 18.0 Å². The van der Waals surface area contributed by atoms with Crippen molar-refractivity contribution in [1.82, 2.24) is 5.43 Å². The number of rotatable bonds is 11. The topological polar surface area (TPSA) is 97.3 Å². The Labute approximate surface area is 269 Å². The molecule has 0 saturated carbocycles. The van der Waals surface area contributed by atoms with Crippen LogP contribution >= 0.6 is 39.1 Å². The zero-order valence-electron chi connectivity index (χ0n) is 23.5. The zero-order chi connectivity index (χ0) is 31.1. The van der Waals surface area contributed by atoms with E-state index >= 15 is 0 Å². The van der Waals surface area contributed by atoms with E-state index in [0.717, 1.165) is 21.0 Å². The summed E-state index contributed by atoms with van der Waals surface area (Å²) >= 11 is 15.7. The van der Waals surface area contributed by atoms with Crippen molar-refractivity contribution < 1.29 is 22.7 Å². The van der Waals surface area contributed by atoms with E-state index in [1.807, 2.05) is 19.9 Å². The van der Waals surface area contributed by atoms with E-state index < -0.39 is 22.5 Å². The number of carbonyl (C=O) groups is 1. The van der Waals surface area contributed by atoms with Crippen LogP contribution in [0.5, 0.6) is 11.5 Å². The summed E-state index contributed by atoms with van der Waals surface area (Å²) in [5.74, 6) is 0.242. The molecule has 0 aliphatic rings. The Bertz CT molecular complexity index is 1770. The zero-order valence-corrected chi connectivity index (χ0v) is 27.4. The monoisotopic (exact) mass is 703 g/mol. The highest BCUT2D eigenvalue weighted by atomic mass is 79.9. The first-order chi connectivity index (χ1) is 20.5. The summed E-state index contributed by atoms with van der Waals surface area (Å²) in [7, 11) is -2.54. The second kappa shape index (κ2) is 14.3. The minimum Gasteiger partial charge on any atom is -0.493 e. The summed E-state index contributed by atoms with van der Waals surface area (Å²) in [6, 6.07) is 21.9. The van der Waals surface area contributed by atoms with E-state index in [1.165, 1.54) is 25.5 Å². The summed E-state index contributed by atoms with van der Waals surface area (Å²) in [6.45, 7) is 3.41. The van der Waals surface area contributed by atoms with E-state index in [-0.39, 0.29) is 11.5 Å². The Hall–Kier alpha value is -3.57. The quantitative estimate of drug-likeness (QED) is 0.131. The number of anilines is 1. The molecule has 0 fully saturated rings. The molecule has 0 aliphatic heterocycles. The van der Waals surface area contributed by atoms with Crippen molar-refractivity contribution in [3.05, 3.63) is 116 Å². The van der Waals surface area contributed by atoms with Crippen LogP contribution in [0.4, 0.5) is 5.69 Å². The van der Waals surface area contributed by atoms with Gasteiger partial charge in [-0.1, -0.05) is 59.1 Å². The van der Waals surface area contributed by atoms with Crippen molar-refractivity contribution in [2.24, 2.45) is 5.10 Å². The van der Waals surface area contributed by atoms with Crippen LogP contribution in [0, 0.1) is 13.8 Å². The lowest BCUT2D eigenvalue weighted by molar-refractivity contribution is -0.119. The Morgan fingerprint density at radius 1 is 1.00 bits per heavy atom. The number of hydrogen-bond donors (Lipinski definition) is 1. The van der Waals surface area contributed by atoms with E-state index in [9.17, 15) is 13.2 Å². The average Bonchev–Trinajstić information content (AvgIpc) is 2.96. The van der Waals surface area contributed by atoms with Crippen molar-refractivity contribution in [1.29, 1.82) is 0 Å². The molecule has 43 heavy (non-hydrogen) atoms. The number of methoxy groups -OCH3 is 1. The fourth-order valence-corrected chi connectivity index (χ4v) is 6.47. The predicted molar refractivity (Wildman–Crippen MR) is 174 cm³/mol. The average molecular weight is 705 g/mol. The van der Waals surface area contributed by atoms with Gasteiger partial charge in [0.15, 0.2) is 11.5 Å². The number of benzene rings is 4. The molecule has 0 spiro atoms. The number of hydrazone groups is 1. The fraction of sp³-hybridized carbons (Fsp3) is 0.161. The molecule has 0 heterocycles. The van der Waals surface area contributed by atoms with Gasteiger partial charge in [0.05, 0.1) is 28.4 Å². The minimum absolute atomic E-state index is 0.0773. The number of hydrogen-bond acceptors (Lipinski definition) is 6. The second-order valence-electron chi connectivity index (χ2n) is 9.52. The van der Waals surface area contributed by atoms with Crippen molar-refractivity contribution in [2.45, 2.75) is 25.3 Å². The molecular formula is C31H28BrCl2N3O5S. The third-order valence-electron chi connectivity index (χ3n) is 6.23. The van der Waals surface area contributed by atoms with Gasteiger partial charge in [0.1, 0.15) is 13.2 Å². The maximum atomic E-state index is 13.6. The smallest absolute Gasteiger partial charge is 0.264 e. The lowest BCUT2D eigenvalue weighted by Crippen LogP contribution is -2.39. The van der Waals surface area contributed by atoms with Gasteiger partial charge in [0.25, 0.3) is 15.9 Å². The van der Waals surface area contributed by atoms with Crippen LogP contribution in [0.15, 0.2) is 93.3 Å². The van der Waals surface area contributed by atoms with Crippen LogP contribution in [0.3, 0.4) is 0 Å². The summed E-state index contributed by atoms with van der Waals surface area (Å²) in [5.41, 5.74) is 5.89. The highest BCUT2D eigenvalue weighted by molar-refractivity contribution is 9.10. The Kier molecular flexibility index (Phi) is 10.7. The second-order valence-corrected chi connectivity index (χ2v) is 13.1.